The molecule has 0 saturated carbocycles. The maximum atomic E-state index is 3.66. The molecule has 2 heterocycles. The van der Waals surface area contributed by atoms with Crippen molar-refractivity contribution in [2.45, 2.75) is 0 Å². The third-order valence-electron chi connectivity index (χ3n) is 1.03. The van der Waals surface area contributed by atoms with E-state index in [-0.39, 0.29) is 22.4 Å². The van der Waals surface area contributed by atoms with Crippen LogP contribution in [0.15, 0.2) is 48.8 Å². The van der Waals surface area contributed by atoms with Gasteiger partial charge >= 0.3 is 0 Å². The van der Waals surface area contributed by atoms with Crippen molar-refractivity contribution in [3.8, 4) is 0 Å². The molecule has 0 fully saturated rings. The molecule has 2 aromatic heterocycles. The predicted molar refractivity (Wildman–Crippen MR) is 46.1 cm³/mol. The Morgan fingerprint density at radius 3 is 1.23 bits per heavy atom. The van der Waals surface area contributed by atoms with Crippen molar-refractivity contribution < 1.29 is 22.4 Å². The molecular formula is C10H8AuN2-2. The van der Waals surface area contributed by atoms with E-state index >= 15 is 0 Å². The molecule has 2 nitrogen and oxygen atoms in total. The summed E-state index contributed by atoms with van der Waals surface area (Å²) in [6.45, 7) is 0. The van der Waals surface area contributed by atoms with Gasteiger partial charge in [-0.1, -0.05) is 24.8 Å². The Morgan fingerprint density at radius 2 is 1.15 bits per heavy atom. The zero-order valence-corrected chi connectivity index (χ0v) is 8.98. The van der Waals surface area contributed by atoms with Gasteiger partial charge in [0.15, 0.2) is 0 Å². The zero-order chi connectivity index (χ0) is 8.49. The van der Waals surface area contributed by atoms with E-state index in [1.54, 1.807) is 24.5 Å². The summed E-state index contributed by atoms with van der Waals surface area (Å²) in [6.07, 6.45) is 8.67. The van der Waals surface area contributed by atoms with Crippen LogP contribution >= 0.6 is 0 Å². The minimum absolute atomic E-state index is 0. The summed E-state index contributed by atoms with van der Waals surface area (Å²) in [6, 6.07) is 11.0. The molecule has 0 bridgehead atoms. The molecular weight excluding hydrogens is 345 g/mol. The van der Waals surface area contributed by atoms with Gasteiger partial charge in [0, 0.05) is 22.4 Å². The van der Waals surface area contributed by atoms with E-state index in [0.717, 1.165) is 0 Å². The van der Waals surface area contributed by atoms with Crippen molar-refractivity contribution >= 4 is 0 Å². The van der Waals surface area contributed by atoms with Crippen molar-refractivity contribution in [1.82, 2.24) is 9.97 Å². The third-order valence-corrected chi connectivity index (χ3v) is 1.03. The Morgan fingerprint density at radius 1 is 0.692 bits per heavy atom. The number of aromatic nitrogens is 2. The second kappa shape index (κ2) is 9.13. The Kier molecular flexibility index (Phi) is 8.46. The molecule has 0 aromatic carbocycles. The van der Waals surface area contributed by atoms with E-state index in [4.69, 9.17) is 0 Å². The molecule has 13 heavy (non-hydrogen) atoms. The van der Waals surface area contributed by atoms with E-state index in [1.807, 2.05) is 24.3 Å². The standard InChI is InChI=1S/2C5H4N.Au/c2*1-2-4-6-5-3-1;/h2*1-4H;/q2*-1;. The maximum absolute atomic E-state index is 3.66. The van der Waals surface area contributed by atoms with Crippen LogP contribution in [0.5, 0.6) is 0 Å². The van der Waals surface area contributed by atoms with Crippen LogP contribution in [0.1, 0.15) is 0 Å². The van der Waals surface area contributed by atoms with Gasteiger partial charge in [0.1, 0.15) is 0 Å². The smallest absolute Gasteiger partial charge is 0 e. The van der Waals surface area contributed by atoms with Gasteiger partial charge in [-0.2, -0.15) is 36.4 Å². The van der Waals surface area contributed by atoms with Gasteiger partial charge in [-0.25, -0.2) is 0 Å². The minimum Gasteiger partial charge on any atom is -0.394 e. The van der Waals surface area contributed by atoms with Crippen LogP contribution < -0.4 is 0 Å². The molecule has 0 saturated heterocycles. The fraction of sp³-hybridized carbons (Fsp3) is 0. The SMILES string of the molecule is [Au].[c-]1ccccn1.[c-]1ccccn1. The molecule has 2 rings (SSSR count). The van der Waals surface area contributed by atoms with Gasteiger partial charge < -0.3 is 9.97 Å². The van der Waals surface area contributed by atoms with Gasteiger partial charge in [-0.05, 0) is 0 Å². The summed E-state index contributed by atoms with van der Waals surface area (Å²) >= 11 is 0. The minimum atomic E-state index is 0. The monoisotopic (exact) mass is 353 g/mol. The predicted octanol–water partition coefficient (Wildman–Crippen LogP) is 1.76. The third kappa shape index (κ3) is 7.40. The van der Waals surface area contributed by atoms with Crippen LogP contribution in [-0.4, -0.2) is 9.97 Å². The van der Waals surface area contributed by atoms with Crippen molar-refractivity contribution in [2.24, 2.45) is 0 Å². The summed E-state index contributed by atoms with van der Waals surface area (Å²) in [5.41, 5.74) is 0. The summed E-state index contributed by atoms with van der Waals surface area (Å²) in [5, 5.41) is 0. The first-order valence-corrected chi connectivity index (χ1v) is 3.54. The average Bonchev–Trinajstić information content (AvgIpc) is 2.24. The van der Waals surface area contributed by atoms with Crippen molar-refractivity contribution in [1.29, 1.82) is 0 Å². The quantitative estimate of drug-likeness (QED) is 0.533. The molecule has 1 radical (unpaired) electrons. The molecule has 0 spiro atoms. The Balaban J connectivity index is 0.000000206. The first-order chi connectivity index (χ1) is 6.00. The van der Waals surface area contributed by atoms with Crippen LogP contribution in [0.2, 0.25) is 0 Å². The van der Waals surface area contributed by atoms with Crippen molar-refractivity contribution in [3.05, 3.63) is 61.2 Å². The second-order valence-corrected chi connectivity index (χ2v) is 1.92. The summed E-state index contributed by atoms with van der Waals surface area (Å²) in [7, 11) is 0. The first-order valence-electron chi connectivity index (χ1n) is 3.54. The van der Waals surface area contributed by atoms with Gasteiger partial charge in [-0.3, -0.25) is 0 Å². The fourth-order valence-corrected chi connectivity index (χ4v) is 0.555. The summed E-state index contributed by atoms with van der Waals surface area (Å²) in [5.74, 6) is 0. The van der Waals surface area contributed by atoms with Crippen LogP contribution in [0, 0.1) is 12.4 Å². The Bertz CT molecular complexity index is 188. The number of nitrogens with zero attached hydrogens (tertiary/aromatic N) is 2. The van der Waals surface area contributed by atoms with E-state index < -0.39 is 0 Å². The molecule has 0 unspecified atom stereocenters. The van der Waals surface area contributed by atoms with Crippen LogP contribution in [0.4, 0.5) is 0 Å². The van der Waals surface area contributed by atoms with E-state index in [0.29, 0.717) is 0 Å². The number of hydrogen-bond acceptors (Lipinski definition) is 2. The second-order valence-electron chi connectivity index (χ2n) is 1.92. The van der Waals surface area contributed by atoms with E-state index in [2.05, 4.69) is 22.4 Å². The molecule has 0 aliphatic heterocycles. The van der Waals surface area contributed by atoms with Gasteiger partial charge in [0.25, 0.3) is 0 Å². The Labute approximate surface area is 93.6 Å². The fourth-order valence-electron chi connectivity index (χ4n) is 0.555. The largest absolute Gasteiger partial charge is 0.394 e. The van der Waals surface area contributed by atoms with E-state index in [1.165, 1.54) is 0 Å². The first kappa shape index (κ1) is 12.0. The average molecular weight is 353 g/mol. The van der Waals surface area contributed by atoms with Crippen LogP contribution in [0.3, 0.4) is 0 Å². The zero-order valence-electron chi connectivity index (χ0n) is 6.81. The molecule has 2 aromatic rings. The van der Waals surface area contributed by atoms with Crippen LogP contribution in [0.25, 0.3) is 0 Å². The van der Waals surface area contributed by atoms with Crippen molar-refractivity contribution in [3.63, 3.8) is 0 Å². The summed E-state index contributed by atoms with van der Waals surface area (Å²) in [4.78, 5) is 7.32. The topological polar surface area (TPSA) is 25.8 Å². The number of pyridine rings is 2. The molecule has 3 heteroatoms. The maximum Gasteiger partial charge on any atom is 0 e. The van der Waals surface area contributed by atoms with Gasteiger partial charge in [-0.15, -0.1) is 0 Å². The number of hydrogen-bond donors (Lipinski definition) is 0. The molecule has 0 aliphatic rings. The summed E-state index contributed by atoms with van der Waals surface area (Å²) < 4.78 is 0. The van der Waals surface area contributed by atoms with Gasteiger partial charge in [0.2, 0.25) is 0 Å². The molecule has 0 N–H and O–H groups in total. The normalized spacial score (nSPS) is 7.38. The van der Waals surface area contributed by atoms with Crippen molar-refractivity contribution in [2.75, 3.05) is 0 Å². The number of rotatable bonds is 0. The van der Waals surface area contributed by atoms with E-state index in [9.17, 15) is 0 Å². The molecule has 0 aliphatic carbocycles. The van der Waals surface area contributed by atoms with Gasteiger partial charge in [0.05, 0.1) is 0 Å². The molecule has 71 valence electrons. The molecule has 0 amide bonds. The van der Waals surface area contributed by atoms with Crippen LogP contribution in [-0.2, 0) is 22.4 Å². The Hall–Kier alpha value is -0.960. The molecule has 0 atom stereocenters.